The van der Waals surface area contributed by atoms with Gasteiger partial charge in [-0.15, -0.1) is 0 Å². The van der Waals surface area contributed by atoms with Crippen LogP contribution in [0.15, 0.2) is 42.6 Å². The molecule has 0 aliphatic carbocycles. The van der Waals surface area contributed by atoms with E-state index in [2.05, 4.69) is 10.3 Å². The van der Waals surface area contributed by atoms with Crippen LogP contribution in [0.3, 0.4) is 0 Å². The molecule has 0 bridgehead atoms. The van der Waals surface area contributed by atoms with E-state index in [1.165, 1.54) is 0 Å². The molecule has 4 heteroatoms. The topological polar surface area (TPSA) is 24.9 Å². The second-order valence-electron chi connectivity index (χ2n) is 4.96. The predicted octanol–water partition coefficient (Wildman–Crippen LogP) is 5.90. The maximum absolute atomic E-state index is 6.17. The number of hydrogen-bond donors (Lipinski definition) is 1. The van der Waals surface area contributed by atoms with Crippen LogP contribution in [0.25, 0.3) is 10.9 Å². The summed E-state index contributed by atoms with van der Waals surface area (Å²) in [5, 5.41) is 5.95. The lowest BCUT2D eigenvalue weighted by Crippen LogP contribution is -1.96. The summed E-state index contributed by atoms with van der Waals surface area (Å²) in [5.74, 6) is 0. The molecule has 0 fully saturated rings. The van der Waals surface area contributed by atoms with Crippen molar-refractivity contribution in [3.05, 3.63) is 63.8 Å². The number of rotatable bonds is 2. The smallest absolute Gasteiger partial charge is 0.0766 e. The van der Waals surface area contributed by atoms with Crippen molar-refractivity contribution in [2.75, 3.05) is 5.32 Å². The summed E-state index contributed by atoms with van der Waals surface area (Å²) < 4.78 is 0. The molecule has 1 heterocycles. The van der Waals surface area contributed by atoms with E-state index in [9.17, 15) is 0 Å². The zero-order valence-corrected chi connectivity index (χ0v) is 13.3. The van der Waals surface area contributed by atoms with Crippen LogP contribution in [0.2, 0.25) is 10.0 Å². The van der Waals surface area contributed by atoms with E-state index in [1.807, 2.05) is 50.2 Å². The Bertz CT molecular complexity index is 828. The first-order chi connectivity index (χ1) is 10.1. The molecule has 1 N–H and O–H groups in total. The highest BCUT2D eigenvalue weighted by atomic mass is 35.5. The molecular weight excluding hydrogens is 303 g/mol. The average molecular weight is 317 g/mol. The Hall–Kier alpha value is -1.77. The highest BCUT2D eigenvalue weighted by molar-refractivity contribution is 6.32. The minimum Gasteiger partial charge on any atom is -0.355 e. The zero-order chi connectivity index (χ0) is 15.0. The van der Waals surface area contributed by atoms with Gasteiger partial charge in [0.2, 0.25) is 0 Å². The van der Waals surface area contributed by atoms with Crippen LogP contribution in [-0.4, -0.2) is 4.98 Å². The van der Waals surface area contributed by atoms with E-state index in [4.69, 9.17) is 23.2 Å². The minimum atomic E-state index is 0.728. The monoisotopic (exact) mass is 316 g/mol. The third kappa shape index (κ3) is 2.57. The molecule has 0 atom stereocenters. The fraction of sp³-hybridized carbons (Fsp3) is 0.118. The number of anilines is 2. The fourth-order valence-electron chi connectivity index (χ4n) is 2.33. The molecule has 1 aromatic heterocycles. The maximum Gasteiger partial charge on any atom is 0.0766 e. The van der Waals surface area contributed by atoms with Gasteiger partial charge in [-0.1, -0.05) is 29.3 Å². The molecule has 2 nitrogen and oxygen atoms in total. The number of hydrogen-bond acceptors (Lipinski definition) is 2. The number of nitrogens with zero attached hydrogens (tertiary/aromatic N) is 1. The maximum atomic E-state index is 6.17. The van der Waals surface area contributed by atoms with Gasteiger partial charge in [0.15, 0.2) is 0 Å². The van der Waals surface area contributed by atoms with Crippen LogP contribution < -0.4 is 5.32 Å². The Kier molecular flexibility index (Phi) is 3.75. The summed E-state index contributed by atoms with van der Waals surface area (Å²) in [6.45, 7) is 3.97. The van der Waals surface area contributed by atoms with Gasteiger partial charge in [-0.2, -0.15) is 0 Å². The first-order valence-electron chi connectivity index (χ1n) is 6.64. The van der Waals surface area contributed by atoms with Crippen LogP contribution in [0, 0.1) is 13.8 Å². The van der Waals surface area contributed by atoms with E-state index in [0.717, 1.165) is 43.4 Å². The molecular formula is C17H14Cl2N2. The number of nitrogens with one attached hydrogen (secondary N) is 1. The summed E-state index contributed by atoms with van der Waals surface area (Å²) in [5.41, 5.74) is 4.90. The summed E-state index contributed by atoms with van der Waals surface area (Å²) in [6.07, 6.45) is 1.79. The number of benzene rings is 2. The third-order valence-corrected chi connectivity index (χ3v) is 4.46. The largest absolute Gasteiger partial charge is 0.355 e. The lowest BCUT2D eigenvalue weighted by Gasteiger charge is -2.13. The van der Waals surface area contributed by atoms with E-state index in [0.29, 0.717) is 0 Å². The van der Waals surface area contributed by atoms with E-state index in [1.54, 1.807) is 6.20 Å². The van der Waals surface area contributed by atoms with Crippen LogP contribution >= 0.6 is 23.2 Å². The van der Waals surface area contributed by atoms with Gasteiger partial charge in [0.1, 0.15) is 0 Å². The van der Waals surface area contributed by atoms with Crippen molar-refractivity contribution in [2.24, 2.45) is 0 Å². The average Bonchev–Trinajstić information content (AvgIpc) is 2.48. The molecule has 0 amide bonds. The fourth-order valence-corrected chi connectivity index (χ4v) is 2.66. The summed E-state index contributed by atoms with van der Waals surface area (Å²) in [7, 11) is 0. The first-order valence-corrected chi connectivity index (χ1v) is 7.39. The molecule has 0 spiro atoms. The number of aryl methyl sites for hydroxylation is 1. The zero-order valence-electron chi connectivity index (χ0n) is 11.7. The molecule has 106 valence electrons. The minimum absolute atomic E-state index is 0.728. The SMILES string of the molecule is Cc1c(Cl)cccc1Nc1ccnc2c(C)c(Cl)ccc12. The van der Waals surface area contributed by atoms with Gasteiger partial charge in [-0.25, -0.2) is 0 Å². The van der Waals surface area contributed by atoms with Gasteiger partial charge >= 0.3 is 0 Å². The Morgan fingerprint density at radius 1 is 0.857 bits per heavy atom. The van der Waals surface area contributed by atoms with Crippen molar-refractivity contribution in [1.82, 2.24) is 4.98 Å². The Balaban J connectivity index is 2.13. The van der Waals surface area contributed by atoms with Crippen LogP contribution in [0.5, 0.6) is 0 Å². The van der Waals surface area contributed by atoms with Gasteiger partial charge < -0.3 is 5.32 Å². The number of fused-ring (bicyclic) bond motifs is 1. The lowest BCUT2D eigenvalue weighted by molar-refractivity contribution is 1.36. The summed E-state index contributed by atoms with van der Waals surface area (Å²) in [6, 6.07) is 11.7. The molecule has 2 aromatic carbocycles. The molecule has 3 aromatic rings. The molecule has 3 rings (SSSR count). The highest BCUT2D eigenvalue weighted by Crippen LogP contribution is 2.32. The van der Waals surface area contributed by atoms with Gasteiger partial charge in [-0.05, 0) is 55.3 Å². The molecule has 0 aliphatic heterocycles. The van der Waals surface area contributed by atoms with E-state index in [-0.39, 0.29) is 0 Å². The quantitative estimate of drug-likeness (QED) is 0.636. The second kappa shape index (κ2) is 5.55. The normalized spacial score (nSPS) is 10.9. The van der Waals surface area contributed by atoms with Crippen LogP contribution in [-0.2, 0) is 0 Å². The van der Waals surface area contributed by atoms with Gasteiger partial charge in [0.25, 0.3) is 0 Å². The molecule has 0 unspecified atom stereocenters. The number of aromatic nitrogens is 1. The van der Waals surface area contributed by atoms with Gasteiger partial charge in [-0.3, -0.25) is 4.98 Å². The molecule has 0 saturated heterocycles. The second-order valence-corrected chi connectivity index (χ2v) is 5.78. The summed E-state index contributed by atoms with van der Waals surface area (Å²) in [4.78, 5) is 4.43. The van der Waals surface area contributed by atoms with Crippen molar-refractivity contribution in [3.63, 3.8) is 0 Å². The van der Waals surface area contributed by atoms with Crippen molar-refractivity contribution in [3.8, 4) is 0 Å². The van der Waals surface area contributed by atoms with Crippen LogP contribution in [0.1, 0.15) is 11.1 Å². The van der Waals surface area contributed by atoms with Crippen molar-refractivity contribution in [2.45, 2.75) is 13.8 Å². The first kappa shape index (κ1) is 14.2. The third-order valence-electron chi connectivity index (χ3n) is 3.64. The Morgan fingerprint density at radius 2 is 1.62 bits per heavy atom. The number of halogens is 2. The van der Waals surface area contributed by atoms with Crippen molar-refractivity contribution < 1.29 is 0 Å². The molecule has 0 saturated carbocycles. The Labute approximate surface area is 133 Å². The standard InChI is InChI=1S/C17H14Cl2N2/c1-10-13(18)4-3-5-15(10)21-16-8-9-20-17-11(2)14(19)7-6-12(16)17/h3-9H,1-2H3,(H,20,21). The summed E-state index contributed by atoms with van der Waals surface area (Å²) >= 11 is 12.3. The molecule has 0 radical (unpaired) electrons. The van der Waals surface area contributed by atoms with Gasteiger partial charge in [0.05, 0.1) is 5.52 Å². The lowest BCUT2D eigenvalue weighted by atomic mass is 10.1. The number of pyridine rings is 1. The van der Waals surface area contributed by atoms with Crippen LogP contribution in [0.4, 0.5) is 11.4 Å². The highest BCUT2D eigenvalue weighted by Gasteiger charge is 2.09. The van der Waals surface area contributed by atoms with Gasteiger partial charge in [0, 0.05) is 33.0 Å². The van der Waals surface area contributed by atoms with Crippen molar-refractivity contribution in [1.29, 1.82) is 0 Å². The van der Waals surface area contributed by atoms with Crippen molar-refractivity contribution >= 4 is 45.5 Å². The molecule has 21 heavy (non-hydrogen) atoms. The van der Waals surface area contributed by atoms with E-state index >= 15 is 0 Å². The van der Waals surface area contributed by atoms with E-state index < -0.39 is 0 Å². The molecule has 0 aliphatic rings. The Morgan fingerprint density at radius 3 is 2.43 bits per heavy atom. The predicted molar refractivity (Wildman–Crippen MR) is 91.0 cm³/mol.